The number of hydrogen-bond donors (Lipinski definition) is 0. The van der Waals surface area contributed by atoms with Gasteiger partial charge >= 0.3 is 0 Å². The Bertz CT molecular complexity index is 2820. The molecule has 1 heterocycles. The Hall–Kier alpha value is -6.45. The number of aromatic nitrogens is 3. The van der Waals surface area contributed by atoms with Crippen LogP contribution in [0.3, 0.4) is 0 Å². The molecule has 3 nitrogen and oxygen atoms in total. The van der Waals surface area contributed by atoms with E-state index in [4.69, 9.17) is 15.0 Å². The zero-order valence-electron chi connectivity index (χ0n) is 28.4. The van der Waals surface area contributed by atoms with Crippen molar-refractivity contribution in [2.75, 3.05) is 0 Å². The molecule has 1 aliphatic carbocycles. The third-order valence-corrected chi connectivity index (χ3v) is 10.7. The minimum Gasteiger partial charge on any atom is -0.208 e. The number of fused-ring (bicyclic) bond motifs is 8. The Morgan fingerprint density at radius 2 is 0.863 bits per heavy atom. The lowest BCUT2D eigenvalue weighted by molar-refractivity contribution is 0.660. The van der Waals surface area contributed by atoms with E-state index in [1.54, 1.807) is 0 Å². The van der Waals surface area contributed by atoms with Crippen LogP contribution in [0.15, 0.2) is 164 Å². The fraction of sp³-hybridized carbons (Fsp3) is 0.0625. The van der Waals surface area contributed by atoms with Crippen LogP contribution in [0.25, 0.3) is 88.7 Å². The monoisotopic (exact) mass is 651 g/mol. The normalized spacial score (nSPS) is 13.1. The minimum absolute atomic E-state index is 0.111. The number of hydrogen-bond acceptors (Lipinski definition) is 3. The van der Waals surface area contributed by atoms with Crippen LogP contribution in [0.1, 0.15) is 25.0 Å². The molecule has 0 atom stereocenters. The van der Waals surface area contributed by atoms with Crippen LogP contribution in [0.5, 0.6) is 0 Å². The van der Waals surface area contributed by atoms with E-state index in [0.717, 1.165) is 22.3 Å². The van der Waals surface area contributed by atoms with Crippen molar-refractivity contribution < 1.29 is 0 Å². The molecule has 0 fully saturated rings. The van der Waals surface area contributed by atoms with Crippen molar-refractivity contribution in [2.45, 2.75) is 19.3 Å². The summed E-state index contributed by atoms with van der Waals surface area (Å²) in [7, 11) is 0. The average Bonchev–Trinajstić information content (AvgIpc) is 3.43. The summed E-state index contributed by atoms with van der Waals surface area (Å²) >= 11 is 0. The maximum atomic E-state index is 5.09. The molecule has 0 N–H and O–H groups in total. The lowest BCUT2D eigenvalue weighted by atomic mass is 9.82. The highest BCUT2D eigenvalue weighted by atomic mass is 15.0. The Morgan fingerprint density at radius 1 is 0.333 bits per heavy atom. The van der Waals surface area contributed by atoms with Gasteiger partial charge in [0.15, 0.2) is 17.5 Å². The van der Waals surface area contributed by atoms with Gasteiger partial charge in [0.25, 0.3) is 0 Å². The van der Waals surface area contributed by atoms with E-state index < -0.39 is 0 Å². The molecule has 9 aromatic rings. The highest BCUT2D eigenvalue weighted by Crippen LogP contribution is 2.49. The van der Waals surface area contributed by atoms with Gasteiger partial charge in [-0.2, -0.15) is 0 Å². The first kappa shape index (κ1) is 29.5. The molecule has 10 rings (SSSR count). The first-order valence-corrected chi connectivity index (χ1v) is 17.5. The lowest BCUT2D eigenvalue weighted by Gasteiger charge is -2.21. The molecular weight excluding hydrogens is 619 g/mol. The van der Waals surface area contributed by atoms with Gasteiger partial charge in [0.1, 0.15) is 0 Å². The van der Waals surface area contributed by atoms with Gasteiger partial charge in [-0.1, -0.05) is 166 Å². The highest BCUT2D eigenvalue weighted by molar-refractivity contribution is 6.17. The van der Waals surface area contributed by atoms with Crippen molar-refractivity contribution in [1.29, 1.82) is 0 Å². The maximum Gasteiger partial charge on any atom is 0.164 e. The summed E-state index contributed by atoms with van der Waals surface area (Å²) in [5, 5.41) is 7.63. The largest absolute Gasteiger partial charge is 0.208 e. The van der Waals surface area contributed by atoms with Crippen LogP contribution >= 0.6 is 0 Å². The zero-order chi connectivity index (χ0) is 34.1. The van der Waals surface area contributed by atoms with Gasteiger partial charge in [-0.05, 0) is 77.8 Å². The van der Waals surface area contributed by atoms with E-state index in [1.165, 1.54) is 60.1 Å². The summed E-state index contributed by atoms with van der Waals surface area (Å²) in [4.78, 5) is 15.1. The van der Waals surface area contributed by atoms with Gasteiger partial charge in [-0.25, -0.2) is 15.0 Å². The molecule has 0 amide bonds. The molecule has 51 heavy (non-hydrogen) atoms. The van der Waals surface area contributed by atoms with Gasteiger partial charge in [0, 0.05) is 22.1 Å². The minimum atomic E-state index is -0.111. The summed E-state index contributed by atoms with van der Waals surface area (Å²) in [5.74, 6) is 2.00. The summed E-state index contributed by atoms with van der Waals surface area (Å²) in [5.41, 5.74) is 10.4. The van der Waals surface area contributed by atoms with Crippen molar-refractivity contribution >= 4 is 32.3 Å². The quantitative estimate of drug-likeness (QED) is 0.178. The first-order chi connectivity index (χ1) is 25.0. The second-order valence-electron chi connectivity index (χ2n) is 14.1. The van der Waals surface area contributed by atoms with Crippen LogP contribution in [-0.2, 0) is 5.41 Å². The van der Waals surface area contributed by atoms with Gasteiger partial charge in [0.05, 0.1) is 0 Å². The second-order valence-corrected chi connectivity index (χ2v) is 14.1. The molecule has 0 bridgehead atoms. The van der Waals surface area contributed by atoms with Crippen molar-refractivity contribution in [3.8, 4) is 56.4 Å². The third-order valence-electron chi connectivity index (χ3n) is 10.7. The van der Waals surface area contributed by atoms with Gasteiger partial charge in [-0.3, -0.25) is 0 Å². The molecule has 0 saturated carbocycles. The maximum absolute atomic E-state index is 5.09. The van der Waals surface area contributed by atoms with Gasteiger partial charge in [-0.15, -0.1) is 0 Å². The molecular formula is C48H33N3. The van der Waals surface area contributed by atoms with Crippen molar-refractivity contribution in [3.63, 3.8) is 0 Å². The van der Waals surface area contributed by atoms with E-state index >= 15 is 0 Å². The molecule has 0 aliphatic heterocycles. The van der Waals surface area contributed by atoms with Crippen molar-refractivity contribution in [3.05, 3.63) is 175 Å². The van der Waals surface area contributed by atoms with Crippen molar-refractivity contribution in [1.82, 2.24) is 15.0 Å². The number of rotatable bonds is 4. The van der Waals surface area contributed by atoms with Crippen LogP contribution in [0.4, 0.5) is 0 Å². The SMILES string of the molecule is CC1(C)c2ccccc2-c2ccc(-c3nc(-c4ccccc4)nc(-c4ccc(-c5ccc6c(ccc7c8ccccc8ccc67)c5)cc4)n3)cc21. The summed E-state index contributed by atoms with van der Waals surface area (Å²) < 4.78 is 0. The Morgan fingerprint density at radius 3 is 1.65 bits per heavy atom. The van der Waals surface area contributed by atoms with Gasteiger partial charge < -0.3 is 0 Å². The molecule has 240 valence electrons. The van der Waals surface area contributed by atoms with Crippen LogP contribution < -0.4 is 0 Å². The summed E-state index contributed by atoms with van der Waals surface area (Å²) in [6, 6.07) is 58.5. The van der Waals surface area contributed by atoms with Crippen LogP contribution in [0.2, 0.25) is 0 Å². The van der Waals surface area contributed by atoms with E-state index in [0.29, 0.717) is 17.5 Å². The van der Waals surface area contributed by atoms with Crippen molar-refractivity contribution in [2.24, 2.45) is 0 Å². The summed E-state index contributed by atoms with van der Waals surface area (Å²) in [6.07, 6.45) is 0. The molecule has 0 saturated heterocycles. The topological polar surface area (TPSA) is 38.7 Å². The zero-order valence-corrected chi connectivity index (χ0v) is 28.4. The van der Waals surface area contributed by atoms with E-state index in [9.17, 15) is 0 Å². The number of benzene rings is 8. The predicted octanol–water partition coefficient (Wildman–Crippen LogP) is 12.3. The molecule has 0 radical (unpaired) electrons. The lowest BCUT2D eigenvalue weighted by Crippen LogP contribution is -2.15. The fourth-order valence-corrected chi connectivity index (χ4v) is 8.01. The Labute approximate surface area is 297 Å². The predicted molar refractivity (Wildman–Crippen MR) is 212 cm³/mol. The third kappa shape index (κ3) is 4.77. The average molecular weight is 652 g/mol. The highest BCUT2D eigenvalue weighted by Gasteiger charge is 2.35. The molecule has 0 spiro atoms. The Balaban J connectivity index is 1.04. The van der Waals surface area contributed by atoms with E-state index in [2.05, 4.69) is 159 Å². The second kappa shape index (κ2) is 11.3. The Kier molecular flexibility index (Phi) is 6.53. The molecule has 0 unspecified atom stereocenters. The fourth-order valence-electron chi connectivity index (χ4n) is 8.01. The molecule has 8 aromatic carbocycles. The molecule has 1 aliphatic rings. The molecule has 3 heteroatoms. The van der Waals surface area contributed by atoms with E-state index in [1.807, 2.05) is 18.2 Å². The standard InChI is InChI=1S/C48H33N3/c1-48(2)43-15-9-8-14-41(43)42-27-23-36(29-44(42)48)47-50-45(32-11-4-3-5-12-32)49-46(51-47)33-18-16-30(17-19-33)34-21-24-38-35(28-34)22-26-39-37-13-7-6-10-31(37)20-25-40(38)39/h3-29H,1-2H3. The summed E-state index contributed by atoms with van der Waals surface area (Å²) in [6.45, 7) is 4.60. The number of nitrogens with zero attached hydrogens (tertiary/aromatic N) is 3. The first-order valence-electron chi connectivity index (χ1n) is 17.5. The van der Waals surface area contributed by atoms with Crippen LogP contribution in [-0.4, -0.2) is 15.0 Å². The molecule has 1 aromatic heterocycles. The van der Waals surface area contributed by atoms with Gasteiger partial charge in [0.2, 0.25) is 0 Å². The van der Waals surface area contributed by atoms with Crippen LogP contribution in [0, 0.1) is 0 Å². The van der Waals surface area contributed by atoms with E-state index in [-0.39, 0.29) is 5.41 Å². The smallest absolute Gasteiger partial charge is 0.164 e.